The van der Waals surface area contributed by atoms with Crippen molar-refractivity contribution in [3.8, 4) is 0 Å². The predicted molar refractivity (Wildman–Crippen MR) is 95.1 cm³/mol. The highest BCUT2D eigenvalue weighted by molar-refractivity contribution is 7.32. The number of rotatable bonds is 5. The van der Waals surface area contributed by atoms with Gasteiger partial charge in [-0.1, -0.05) is 88.9 Å². The lowest BCUT2D eigenvalue weighted by atomic mass is 9.80. The van der Waals surface area contributed by atoms with Gasteiger partial charge in [-0.25, -0.2) is 0 Å². The molecule has 1 atom stereocenters. The average Bonchev–Trinajstić information content (AvgIpc) is 2.62. The molecule has 3 aromatic carbocycles. The van der Waals surface area contributed by atoms with Crippen LogP contribution >= 0.6 is 19.9 Å². The van der Waals surface area contributed by atoms with Gasteiger partial charge in [0.05, 0.1) is 0 Å². The minimum Gasteiger partial charge on any atom is -0.133 e. The maximum atomic E-state index is 11.7. The highest BCUT2D eigenvalue weighted by atomic mass is 35.5. The van der Waals surface area contributed by atoms with Crippen LogP contribution in [-0.2, 0) is 14.7 Å². The summed E-state index contributed by atoms with van der Waals surface area (Å²) < 4.78 is 17.4. The van der Waals surface area contributed by atoms with Gasteiger partial charge in [0.1, 0.15) is 0 Å². The zero-order valence-electron chi connectivity index (χ0n) is 12.7. The summed E-state index contributed by atoms with van der Waals surface area (Å²) in [4.78, 5) is 9.59. The second kappa shape index (κ2) is 7.25. The summed E-state index contributed by atoms with van der Waals surface area (Å²) in [7, 11) is -2.85. The summed E-state index contributed by atoms with van der Waals surface area (Å²) in [5.41, 5.74) is 1.04. The summed E-state index contributed by atoms with van der Waals surface area (Å²) in [5.74, 6) is 0. The Morgan fingerprint density at radius 1 is 0.750 bits per heavy atom. The van der Waals surface area contributed by atoms with Crippen LogP contribution in [0, 0.1) is 0 Å². The fourth-order valence-corrected chi connectivity index (χ4v) is 3.48. The summed E-state index contributed by atoms with van der Waals surface area (Å²) in [6.45, 7) is 0. The van der Waals surface area contributed by atoms with E-state index in [0.29, 0.717) is 5.02 Å². The first kappa shape index (κ1) is 16.8. The van der Waals surface area contributed by atoms with Gasteiger partial charge in [0.25, 0.3) is 0 Å². The lowest BCUT2D eigenvalue weighted by Gasteiger charge is -2.29. The molecule has 3 aromatic rings. The Morgan fingerprint density at radius 3 is 1.58 bits per heavy atom. The molecule has 3 nitrogen and oxygen atoms in total. The molecular weight excluding hydrogens is 343 g/mol. The second-order valence-corrected chi connectivity index (χ2v) is 6.34. The first-order chi connectivity index (χ1) is 11.6. The lowest BCUT2D eigenvalue weighted by molar-refractivity contribution is 0.145. The topological polar surface area (TPSA) is 46.5 Å². The zero-order chi connectivity index (χ0) is 17.0. The highest BCUT2D eigenvalue weighted by Gasteiger charge is 2.45. The minimum absolute atomic E-state index is 0.585. The van der Waals surface area contributed by atoms with Gasteiger partial charge in [0.2, 0.25) is 5.60 Å². The van der Waals surface area contributed by atoms with Crippen LogP contribution in [0.1, 0.15) is 16.7 Å². The van der Waals surface area contributed by atoms with Gasteiger partial charge in [0, 0.05) is 9.59 Å². The van der Waals surface area contributed by atoms with Crippen LogP contribution in [0.5, 0.6) is 0 Å². The highest BCUT2D eigenvalue weighted by Crippen LogP contribution is 2.45. The van der Waals surface area contributed by atoms with E-state index in [2.05, 4.69) is 0 Å². The van der Waals surface area contributed by atoms with E-state index in [-0.39, 0.29) is 0 Å². The number of benzene rings is 3. The molecule has 0 aliphatic heterocycles. The molecule has 0 saturated heterocycles. The van der Waals surface area contributed by atoms with Crippen molar-refractivity contribution in [2.45, 2.75) is 5.60 Å². The van der Waals surface area contributed by atoms with Gasteiger partial charge in [-0.3, -0.25) is 0 Å². The van der Waals surface area contributed by atoms with Crippen molar-refractivity contribution >= 4 is 19.9 Å². The van der Waals surface area contributed by atoms with E-state index in [9.17, 15) is 9.46 Å². The molecule has 0 heterocycles. The average molecular weight is 358 g/mol. The monoisotopic (exact) mass is 357 g/mol. The Bertz CT molecular complexity index is 781. The van der Waals surface area contributed by atoms with Crippen LogP contribution in [0.25, 0.3) is 0 Å². The summed E-state index contributed by atoms with van der Waals surface area (Å²) in [5, 5.41) is 0.585. The van der Waals surface area contributed by atoms with Crippen LogP contribution < -0.4 is 0 Å². The zero-order valence-corrected chi connectivity index (χ0v) is 14.3. The Morgan fingerprint density at radius 2 is 1.17 bits per heavy atom. The molecule has 0 amide bonds. The lowest BCUT2D eigenvalue weighted by Crippen LogP contribution is -2.30. The normalized spacial score (nSPS) is 12.0. The van der Waals surface area contributed by atoms with E-state index in [4.69, 9.17) is 16.1 Å². The van der Waals surface area contributed by atoms with Gasteiger partial charge >= 0.3 is 8.25 Å². The van der Waals surface area contributed by atoms with E-state index in [0.717, 1.165) is 16.7 Å². The summed E-state index contributed by atoms with van der Waals surface area (Å²) >= 11 is 6.01. The number of hydrogen-bond donors (Lipinski definition) is 1. The fourth-order valence-electron chi connectivity index (χ4n) is 2.81. The second-order valence-electron chi connectivity index (χ2n) is 5.25. The number of hydrogen-bond acceptors (Lipinski definition) is 2. The maximum Gasteiger partial charge on any atom is 0.696 e. The number of halogens is 1. The van der Waals surface area contributed by atoms with E-state index in [1.165, 1.54) is 0 Å². The molecule has 0 aliphatic carbocycles. The minimum atomic E-state index is -2.85. The fraction of sp³-hybridized carbons (Fsp3) is 0.0526. The summed E-state index contributed by atoms with van der Waals surface area (Å²) in [6.07, 6.45) is 0. The molecule has 0 aromatic heterocycles. The van der Waals surface area contributed by atoms with Gasteiger partial charge in [-0.2, -0.15) is 0 Å². The van der Waals surface area contributed by atoms with Crippen molar-refractivity contribution in [3.63, 3.8) is 0 Å². The van der Waals surface area contributed by atoms with Crippen LogP contribution in [0.3, 0.4) is 0 Å². The summed E-state index contributed by atoms with van der Waals surface area (Å²) in [6, 6.07) is 25.9. The van der Waals surface area contributed by atoms with Crippen LogP contribution in [0.2, 0.25) is 5.02 Å². The molecular formula is C19H15ClO3P+. The van der Waals surface area contributed by atoms with E-state index >= 15 is 0 Å². The van der Waals surface area contributed by atoms with Crippen molar-refractivity contribution in [1.29, 1.82) is 0 Å². The third-order valence-corrected chi connectivity index (χ3v) is 4.51. The maximum absolute atomic E-state index is 11.7. The molecule has 120 valence electrons. The molecule has 0 bridgehead atoms. The molecule has 5 heteroatoms. The van der Waals surface area contributed by atoms with Gasteiger partial charge in [0.15, 0.2) is 0 Å². The largest absolute Gasteiger partial charge is 0.696 e. The molecule has 0 aliphatic rings. The Balaban J connectivity index is 2.32. The quantitative estimate of drug-likeness (QED) is 0.498. The molecule has 24 heavy (non-hydrogen) atoms. The SMILES string of the molecule is O=[P+](O)OC(c1ccccc1)(c1ccccc1)c1ccc(Cl)cc1. The van der Waals surface area contributed by atoms with Crippen molar-refractivity contribution in [3.05, 3.63) is 107 Å². The predicted octanol–water partition coefficient (Wildman–Crippen LogP) is 5.30. The Kier molecular flexibility index (Phi) is 5.08. The van der Waals surface area contributed by atoms with E-state index < -0.39 is 13.9 Å². The standard InChI is InChI=1S/C19H14ClO3P/c20-18-13-11-17(12-14-18)19(23-24(21)22,15-7-3-1-4-8-15)16-9-5-2-6-10-16/h1-14H/p+1. The van der Waals surface area contributed by atoms with Crippen molar-refractivity contribution in [2.75, 3.05) is 0 Å². The molecule has 1 unspecified atom stereocenters. The van der Waals surface area contributed by atoms with E-state index in [1.807, 2.05) is 60.7 Å². The van der Waals surface area contributed by atoms with Gasteiger partial charge in [-0.05, 0) is 28.8 Å². The van der Waals surface area contributed by atoms with Crippen molar-refractivity contribution < 1.29 is 14.0 Å². The van der Waals surface area contributed by atoms with E-state index in [1.54, 1.807) is 24.3 Å². The molecule has 0 saturated carbocycles. The smallest absolute Gasteiger partial charge is 0.133 e. The third-order valence-electron chi connectivity index (χ3n) is 3.83. The molecule has 0 spiro atoms. The Labute approximate surface area is 146 Å². The van der Waals surface area contributed by atoms with Crippen molar-refractivity contribution in [1.82, 2.24) is 0 Å². The molecule has 1 N–H and O–H groups in total. The van der Waals surface area contributed by atoms with Gasteiger partial charge < -0.3 is 0 Å². The molecule has 0 radical (unpaired) electrons. The molecule has 3 rings (SSSR count). The van der Waals surface area contributed by atoms with Crippen LogP contribution in [-0.4, -0.2) is 4.89 Å². The first-order valence-electron chi connectivity index (χ1n) is 7.35. The van der Waals surface area contributed by atoms with Crippen LogP contribution in [0.15, 0.2) is 84.9 Å². The van der Waals surface area contributed by atoms with Crippen LogP contribution in [0.4, 0.5) is 0 Å². The molecule has 0 fully saturated rings. The van der Waals surface area contributed by atoms with Gasteiger partial charge in [-0.15, -0.1) is 4.89 Å². The first-order valence-corrected chi connectivity index (χ1v) is 8.86. The van der Waals surface area contributed by atoms with Crippen molar-refractivity contribution in [2.24, 2.45) is 0 Å². The third kappa shape index (κ3) is 3.26. The Hall–Kier alpha value is -2.03.